The van der Waals surface area contributed by atoms with Gasteiger partial charge < -0.3 is 10.2 Å². The molecule has 2 fully saturated rings. The van der Waals surface area contributed by atoms with E-state index in [0.717, 1.165) is 17.7 Å². The predicted octanol–water partition coefficient (Wildman–Crippen LogP) is 1.22. The summed E-state index contributed by atoms with van der Waals surface area (Å²) in [7, 11) is 0. The fourth-order valence-corrected chi connectivity index (χ4v) is 3.02. The van der Waals surface area contributed by atoms with Gasteiger partial charge in [0, 0.05) is 13.1 Å². The number of nitrogens with one attached hydrogen (secondary N) is 1. The molecule has 1 unspecified atom stereocenters. The van der Waals surface area contributed by atoms with Gasteiger partial charge in [-0.3, -0.25) is 14.5 Å². The Morgan fingerprint density at radius 2 is 1.83 bits per heavy atom. The molecule has 1 atom stereocenters. The number of urea groups is 1. The normalized spacial score (nSPS) is 24.3. The zero-order chi connectivity index (χ0) is 16.6. The van der Waals surface area contributed by atoms with Crippen molar-refractivity contribution in [2.75, 3.05) is 19.6 Å². The number of halogens is 1. The minimum absolute atomic E-state index is 0.227. The fourth-order valence-electron chi connectivity index (χ4n) is 3.02. The van der Waals surface area contributed by atoms with E-state index in [4.69, 9.17) is 0 Å². The lowest BCUT2D eigenvalue weighted by molar-refractivity contribution is -0.138. The molecule has 0 aromatic heterocycles. The summed E-state index contributed by atoms with van der Waals surface area (Å²) < 4.78 is 13.1. The Morgan fingerprint density at radius 1 is 1.22 bits per heavy atom. The van der Waals surface area contributed by atoms with Crippen LogP contribution in [0.4, 0.5) is 9.18 Å². The van der Waals surface area contributed by atoms with Crippen LogP contribution in [0.15, 0.2) is 24.3 Å². The Bertz CT molecular complexity index is 655. The number of hydrogen-bond acceptors (Lipinski definition) is 3. The van der Waals surface area contributed by atoms with Crippen LogP contribution >= 0.6 is 0 Å². The molecule has 2 aliphatic rings. The highest BCUT2D eigenvalue weighted by Gasteiger charge is 2.49. The number of likely N-dealkylation sites (tertiary alicyclic amines) is 1. The van der Waals surface area contributed by atoms with E-state index < -0.39 is 23.3 Å². The SMILES string of the molecule is CC1(c2ccc(F)cc2)NC(=O)N(CC(=O)N2CCCC2)C1=O. The quantitative estimate of drug-likeness (QED) is 0.852. The summed E-state index contributed by atoms with van der Waals surface area (Å²) in [5.74, 6) is -1.15. The third-order valence-corrected chi connectivity index (χ3v) is 4.45. The van der Waals surface area contributed by atoms with Gasteiger partial charge in [-0.05, 0) is 37.5 Å². The number of carbonyl (C=O) groups is 3. The molecule has 2 aliphatic heterocycles. The first-order valence-corrected chi connectivity index (χ1v) is 7.60. The van der Waals surface area contributed by atoms with Crippen LogP contribution in [0, 0.1) is 5.82 Å². The first kappa shape index (κ1) is 15.5. The van der Waals surface area contributed by atoms with Crippen molar-refractivity contribution in [2.45, 2.75) is 25.3 Å². The maximum Gasteiger partial charge on any atom is 0.325 e. The van der Waals surface area contributed by atoms with Crippen LogP contribution in [-0.4, -0.2) is 47.3 Å². The van der Waals surface area contributed by atoms with Gasteiger partial charge in [0.1, 0.15) is 17.9 Å². The highest BCUT2D eigenvalue weighted by atomic mass is 19.1. The zero-order valence-corrected chi connectivity index (χ0v) is 12.8. The Hall–Kier alpha value is -2.44. The average molecular weight is 319 g/mol. The van der Waals surface area contributed by atoms with Crippen LogP contribution in [0.25, 0.3) is 0 Å². The standard InChI is InChI=1S/C16H18FN3O3/c1-16(11-4-6-12(17)7-5-11)14(22)20(15(23)18-16)10-13(21)19-8-2-3-9-19/h4-7H,2-3,8-10H2,1H3,(H,18,23). The molecule has 0 aliphatic carbocycles. The highest BCUT2D eigenvalue weighted by molar-refractivity contribution is 6.09. The van der Waals surface area contributed by atoms with Crippen LogP contribution in [0.2, 0.25) is 0 Å². The van der Waals surface area contributed by atoms with E-state index in [-0.39, 0.29) is 12.5 Å². The van der Waals surface area contributed by atoms with Gasteiger partial charge in [-0.2, -0.15) is 0 Å². The summed E-state index contributed by atoms with van der Waals surface area (Å²) >= 11 is 0. The molecule has 0 radical (unpaired) electrons. The monoisotopic (exact) mass is 319 g/mol. The number of hydrogen-bond donors (Lipinski definition) is 1. The molecule has 122 valence electrons. The second kappa shape index (κ2) is 5.64. The van der Waals surface area contributed by atoms with E-state index in [0.29, 0.717) is 18.7 Å². The van der Waals surface area contributed by atoms with Gasteiger partial charge in [-0.15, -0.1) is 0 Å². The van der Waals surface area contributed by atoms with Gasteiger partial charge in [-0.1, -0.05) is 12.1 Å². The highest BCUT2D eigenvalue weighted by Crippen LogP contribution is 2.29. The third-order valence-electron chi connectivity index (χ3n) is 4.45. The summed E-state index contributed by atoms with van der Waals surface area (Å²) in [6, 6.07) is 4.78. The smallest absolute Gasteiger partial charge is 0.325 e. The Labute approximate surface area is 133 Å². The van der Waals surface area contributed by atoms with Crippen molar-refractivity contribution in [1.82, 2.24) is 15.1 Å². The average Bonchev–Trinajstić information content (AvgIpc) is 3.12. The molecule has 23 heavy (non-hydrogen) atoms. The van der Waals surface area contributed by atoms with Crippen LogP contribution < -0.4 is 5.32 Å². The molecule has 1 N–H and O–H groups in total. The molecule has 4 amide bonds. The number of nitrogens with zero attached hydrogens (tertiary/aromatic N) is 2. The topological polar surface area (TPSA) is 69.7 Å². The van der Waals surface area contributed by atoms with E-state index in [1.54, 1.807) is 11.8 Å². The molecule has 1 aromatic carbocycles. The van der Waals surface area contributed by atoms with E-state index >= 15 is 0 Å². The second-order valence-corrected chi connectivity index (χ2v) is 6.04. The summed E-state index contributed by atoms with van der Waals surface area (Å²) in [6.07, 6.45) is 1.89. The summed E-state index contributed by atoms with van der Waals surface area (Å²) in [5.41, 5.74) is -0.802. The molecular formula is C16H18FN3O3. The molecule has 7 heteroatoms. The molecule has 3 rings (SSSR count). The number of rotatable bonds is 3. The first-order chi connectivity index (χ1) is 10.9. The lowest BCUT2D eigenvalue weighted by atomic mass is 9.92. The molecule has 2 heterocycles. The fraction of sp³-hybridized carbons (Fsp3) is 0.438. The van der Waals surface area contributed by atoms with E-state index in [2.05, 4.69) is 5.32 Å². The van der Waals surface area contributed by atoms with Gasteiger partial charge in [-0.25, -0.2) is 9.18 Å². The summed E-state index contributed by atoms with van der Waals surface area (Å²) in [4.78, 5) is 39.6. The molecule has 6 nitrogen and oxygen atoms in total. The Morgan fingerprint density at radius 3 is 2.43 bits per heavy atom. The van der Waals surface area contributed by atoms with Crippen molar-refractivity contribution < 1.29 is 18.8 Å². The minimum Gasteiger partial charge on any atom is -0.341 e. The van der Waals surface area contributed by atoms with Crippen LogP contribution in [-0.2, 0) is 15.1 Å². The lowest BCUT2D eigenvalue weighted by Crippen LogP contribution is -2.43. The van der Waals surface area contributed by atoms with Crippen LogP contribution in [0.3, 0.4) is 0 Å². The first-order valence-electron chi connectivity index (χ1n) is 7.60. The Balaban J connectivity index is 1.79. The molecule has 0 saturated carbocycles. The van der Waals surface area contributed by atoms with Crippen molar-refractivity contribution >= 4 is 17.8 Å². The van der Waals surface area contributed by atoms with Gasteiger partial charge in [0.15, 0.2) is 0 Å². The molecular weight excluding hydrogens is 301 g/mol. The van der Waals surface area contributed by atoms with Crippen LogP contribution in [0.5, 0.6) is 0 Å². The summed E-state index contributed by atoms with van der Waals surface area (Å²) in [5, 5.41) is 2.61. The van der Waals surface area contributed by atoms with E-state index in [1.807, 2.05) is 0 Å². The number of imide groups is 1. The van der Waals surface area contributed by atoms with Gasteiger partial charge in [0.05, 0.1) is 0 Å². The van der Waals surface area contributed by atoms with Crippen molar-refractivity contribution in [1.29, 1.82) is 0 Å². The maximum atomic E-state index is 13.1. The molecule has 2 saturated heterocycles. The number of benzene rings is 1. The van der Waals surface area contributed by atoms with Crippen molar-refractivity contribution in [3.05, 3.63) is 35.6 Å². The maximum absolute atomic E-state index is 13.1. The largest absolute Gasteiger partial charge is 0.341 e. The van der Waals surface area contributed by atoms with E-state index in [9.17, 15) is 18.8 Å². The van der Waals surface area contributed by atoms with Crippen molar-refractivity contribution in [2.24, 2.45) is 0 Å². The summed E-state index contributed by atoms with van der Waals surface area (Å²) in [6.45, 7) is 2.62. The third kappa shape index (κ3) is 2.67. The van der Waals surface area contributed by atoms with Gasteiger partial charge in [0.2, 0.25) is 5.91 Å². The van der Waals surface area contributed by atoms with Crippen molar-refractivity contribution in [3.63, 3.8) is 0 Å². The lowest BCUT2D eigenvalue weighted by Gasteiger charge is -2.23. The number of carbonyl (C=O) groups excluding carboxylic acids is 3. The van der Waals surface area contributed by atoms with Crippen LogP contribution in [0.1, 0.15) is 25.3 Å². The van der Waals surface area contributed by atoms with Gasteiger partial charge in [0.25, 0.3) is 5.91 Å². The predicted molar refractivity (Wildman–Crippen MR) is 79.8 cm³/mol. The molecule has 0 spiro atoms. The zero-order valence-electron chi connectivity index (χ0n) is 12.8. The molecule has 1 aromatic rings. The second-order valence-electron chi connectivity index (χ2n) is 6.04. The molecule has 0 bridgehead atoms. The minimum atomic E-state index is -1.28. The van der Waals surface area contributed by atoms with Gasteiger partial charge >= 0.3 is 6.03 Å². The number of amides is 4. The Kier molecular flexibility index (Phi) is 3.79. The van der Waals surface area contributed by atoms with E-state index in [1.165, 1.54) is 24.3 Å². The van der Waals surface area contributed by atoms with Crippen molar-refractivity contribution in [3.8, 4) is 0 Å².